The quantitative estimate of drug-likeness (QED) is 0.436. The lowest BCUT2D eigenvalue weighted by molar-refractivity contribution is 0.102. The van der Waals surface area contributed by atoms with Crippen LogP contribution in [0.25, 0.3) is 16.6 Å². The lowest BCUT2D eigenvalue weighted by Crippen LogP contribution is -2.14. The molecule has 140 valence electrons. The molecule has 0 saturated heterocycles. The third-order valence-corrected chi connectivity index (χ3v) is 5.27. The fourth-order valence-corrected chi connectivity index (χ4v) is 3.88. The maximum absolute atomic E-state index is 12.8. The number of benzene rings is 2. The molecule has 8 heteroatoms. The van der Waals surface area contributed by atoms with Crippen LogP contribution in [0, 0.1) is 6.92 Å². The minimum Gasteiger partial charge on any atom is -0.320 e. The number of aromatic nitrogens is 3. The van der Waals surface area contributed by atoms with Crippen LogP contribution in [0.2, 0.25) is 15.1 Å². The van der Waals surface area contributed by atoms with E-state index in [-0.39, 0.29) is 15.6 Å². The Morgan fingerprint density at radius 3 is 2.50 bits per heavy atom. The van der Waals surface area contributed by atoms with E-state index in [4.69, 9.17) is 34.8 Å². The maximum atomic E-state index is 12.8. The van der Waals surface area contributed by atoms with E-state index in [0.29, 0.717) is 21.6 Å². The number of amides is 1. The summed E-state index contributed by atoms with van der Waals surface area (Å²) in [6.07, 6.45) is 6.93. The van der Waals surface area contributed by atoms with Crippen LogP contribution in [0.15, 0.2) is 55.2 Å². The molecule has 2 aromatic carbocycles. The van der Waals surface area contributed by atoms with Crippen LogP contribution >= 0.6 is 34.8 Å². The fourth-order valence-electron chi connectivity index (χ4n) is 3.07. The van der Waals surface area contributed by atoms with Crippen molar-refractivity contribution in [2.75, 3.05) is 5.32 Å². The second-order valence-electron chi connectivity index (χ2n) is 6.13. The van der Waals surface area contributed by atoms with Crippen LogP contribution in [-0.2, 0) is 0 Å². The molecule has 0 aliphatic heterocycles. The number of aryl methyl sites for hydroxylation is 1. The molecule has 0 bridgehead atoms. The summed E-state index contributed by atoms with van der Waals surface area (Å²) in [5, 5.41) is 4.62. The molecule has 28 heavy (non-hydrogen) atoms. The molecule has 0 spiro atoms. The van der Waals surface area contributed by atoms with Gasteiger partial charge in [0.15, 0.2) is 0 Å². The number of hydrogen-bond acceptors (Lipinski definition) is 3. The summed E-state index contributed by atoms with van der Waals surface area (Å²) in [6, 6.07) is 8.33. The molecule has 0 aliphatic carbocycles. The number of fused-ring (bicyclic) bond motifs is 1. The monoisotopic (exact) mass is 430 g/mol. The Morgan fingerprint density at radius 1 is 1.07 bits per heavy atom. The fraction of sp³-hybridized carbons (Fsp3) is 0.0500. The van der Waals surface area contributed by atoms with Crippen molar-refractivity contribution in [3.05, 3.63) is 81.4 Å². The summed E-state index contributed by atoms with van der Waals surface area (Å²) in [6.45, 7) is 1.94. The van der Waals surface area contributed by atoms with Crippen LogP contribution in [-0.4, -0.2) is 20.4 Å². The number of anilines is 1. The molecule has 2 aromatic heterocycles. The third kappa shape index (κ3) is 3.22. The van der Waals surface area contributed by atoms with Crippen LogP contribution in [0.1, 0.15) is 15.9 Å². The number of halogens is 3. The Kier molecular flexibility index (Phi) is 4.98. The summed E-state index contributed by atoms with van der Waals surface area (Å²) in [4.78, 5) is 21.4. The maximum Gasteiger partial charge on any atom is 0.258 e. The first-order chi connectivity index (χ1) is 13.5. The number of carbonyl (C=O) groups excluding carboxylic acids is 1. The van der Waals surface area contributed by atoms with Crippen molar-refractivity contribution >= 4 is 57.3 Å². The first kappa shape index (κ1) is 18.7. The van der Waals surface area contributed by atoms with E-state index in [0.717, 1.165) is 11.3 Å². The van der Waals surface area contributed by atoms with Gasteiger partial charge in [0, 0.05) is 24.0 Å². The largest absolute Gasteiger partial charge is 0.320 e. The van der Waals surface area contributed by atoms with Crippen molar-refractivity contribution in [2.24, 2.45) is 0 Å². The zero-order valence-electron chi connectivity index (χ0n) is 14.6. The third-order valence-electron chi connectivity index (χ3n) is 4.33. The van der Waals surface area contributed by atoms with E-state index >= 15 is 0 Å². The Balaban J connectivity index is 1.87. The highest BCUT2D eigenvalue weighted by Gasteiger charge is 2.19. The predicted molar refractivity (Wildman–Crippen MR) is 113 cm³/mol. The molecule has 1 amide bonds. The van der Waals surface area contributed by atoms with Gasteiger partial charge < -0.3 is 9.88 Å². The van der Waals surface area contributed by atoms with Crippen molar-refractivity contribution in [2.45, 2.75) is 6.92 Å². The molecule has 5 nitrogen and oxygen atoms in total. The van der Waals surface area contributed by atoms with Crippen molar-refractivity contribution in [3.63, 3.8) is 0 Å². The number of hydrogen-bond donors (Lipinski definition) is 1. The topological polar surface area (TPSA) is 59.8 Å². The molecule has 0 radical (unpaired) electrons. The molecule has 0 fully saturated rings. The standard InChI is InChI=1S/C20H13Cl3N4O/c1-11-9-25-18-15(26-20(28)16-12(21)3-2-4-13(16)22)6-5-14(23)17(18)19(11)27-8-7-24-10-27/h2-10H,1H3,(H,26,28). The highest BCUT2D eigenvalue weighted by atomic mass is 35.5. The normalized spacial score (nSPS) is 11.0. The van der Waals surface area contributed by atoms with Crippen LogP contribution in [0.4, 0.5) is 5.69 Å². The summed E-state index contributed by atoms with van der Waals surface area (Å²) < 4.78 is 1.86. The van der Waals surface area contributed by atoms with Gasteiger partial charge in [0.05, 0.1) is 43.9 Å². The first-order valence-electron chi connectivity index (χ1n) is 8.29. The molecular formula is C20H13Cl3N4O. The second kappa shape index (κ2) is 7.43. The van der Waals surface area contributed by atoms with Crippen LogP contribution in [0.5, 0.6) is 0 Å². The minimum atomic E-state index is -0.425. The lowest BCUT2D eigenvalue weighted by Gasteiger charge is -2.15. The molecule has 4 aromatic rings. The lowest BCUT2D eigenvalue weighted by atomic mass is 10.1. The Bertz CT molecular complexity index is 1190. The highest BCUT2D eigenvalue weighted by Crippen LogP contribution is 2.35. The Morgan fingerprint density at radius 2 is 1.82 bits per heavy atom. The van der Waals surface area contributed by atoms with E-state index in [2.05, 4.69) is 15.3 Å². The van der Waals surface area contributed by atoms with Crippen LogP contribution < -0.4 is 5.32 Å². The summed E-state index contributed by atoms with van der Waals surface area (Å²) >= 11 is 18.8. The van der Waals surface area contributed by atoms with Gasteiger partial charge in [-0.05, 0) is 36.8 Å². The number of rotatable bonds is 3. The minimum absolute atomic E-state index is 0.205. The van der Waals surface area contributed by atoms with E-state index < -0.39 is 5.91 Å². The molecule has 0 saturated carbocycles. The van der Waals surface area contributed by atoms with Crippen molar-refractivity contribution < 1.29 is 4.79 Å². The molecule has 4 rings (SSSR count). The second-order valence-corrected chi connectivity index (χ2v) is 7.35. The zero-order valence-corrected chi connectivity index (χ0v) is 16.8. The highest BCUT2D eigenvalue weighted by molar-refractivity contribution is 6.40. The molecule has 1 N–H and O–H groups in total. The van der Waals surface area contributed by atoms with Crippen molar-refractivity contribution in [1.82, 2.24) is 14.5 Å². The zero-order chi connectivity index (χ0) is 19.8. The van der Waals surface area contributed by atoms with Gasteiger partial charge in [-0.3, -0.25) is 9.78 Å². The number of carbonyl (C=O) groups is 1. The molecule has 0 atom stereocenters. The van der Waals surface area contributed by atoms with Gasteiger partial charge in [-0.15, -0.1) is 0 Å². The van der Waals surface area contributed by atoms with Crippen molar-refractivity contribution in [1.29, 1.82) is 0 Å². The first-order valence-corrected chi connectivity index (χ1v) is 9.42. The van der Waals surface area contributed by atoms with E-state index in [9.17, 15) is 4.79 Å². The smallest absolute Gasteiger partial charge is 0.258 e. The Labute approximate surface area is 175 Å². The number of nitrogens with one attached hydrogen (secondary N) is 1. The van der Waals surface area contributed by atoms with Gasteiger partial charge in [0.1, 0.15) is 0 Å². The summed E-state index contributed by atoms with van der Waals surface area (Å²) in [5.41, 5.74) is 3.03. The number of pyridine rings is 1. The molecule has 0 unspecified atom stereocenters. The van der Waals surface area contributed by atoms with Gasteiger partial charge in [-0.1, -0.05) is 40.9 Å². The number of imidazole rings is 1. The van der Waals surface area contributed by atoms with Gasteiger partial charge in [0.2, 0.25) is 0 Å². The van der Waals surface area contributed by atoms with E-state index in [1.54, 1.807) is 49.1 Å². The van der Waals surface area contributed by atoms with Gasteiger partial charge >= 0.3 is 0 Å². The average molecular weight is 432 g/mol. The molecular weight excluding hydrogens is 419 g/mol. The summed E-state index contributed by atoms with van der Waals surface area (Å²) in [5.74, 6) is -0.425. The van der Waals surface area contributed by atoms with Crippen LogP contribution in [0.3, 0.4) is 0 Å². The molecule has 2 heterocycles. The predicted octanol–water partition coefficient (Wildman–Crippen LogP) is 5.94. The Hall–Kier alpha value is -2.60. The van der Waals surface area contributed by atoms with Gasteiger partial charge in [-0.2, -0.15) is 0 Å². The van der Waals surface area contributed by atoms with Gasteiger partial charge in [0.25, 0.3) is 5.91 Å². The SMILES string of the molecule is Cc1cnc2c(NC(=O)c3c(Cl)cccc3Cl)ccc(Cl)c2c1-n1ccnc1. The molecule has 0 aliphatic rings. The van der Waals surface area contributed by atoms with Crippen molar-refractivity contribution in [3.8, 4) is 5.69 Å². The van der Waals surface area contributed by atoms with E-state index in [1.807, 2.05) is 17.7 Å². The average Bonchev–Trinajstić information content (AvgIpc) is 3.18. The number of nitrogens with zero attached hydrogens (tertiary/aromatic N) is 3. The van der Waals surface area contributed by atoms with Gasteiger partial charge in [-0.25, -0.2) is 4.98 Å². The van der Waals surface area contributed by atoms with E-state index in [1.165, 1.54) is 0 Å². The summed E-state index contributed by atoms with van der Waals surface area (Å²) in [7, 11) is 0.